The fraction of sp³-hybridized carbons (Fsp3) is 0.597. The highest BCUT2D eigenvalue weighted by Crippen LogP contribution is 2.15. The van der Waals surface area contributed by atoms with E-state index in [4.69, 9.17) is 14.2 Å². The lowest BCUT2D eigenvalue weighted by Gasteiger charge is -2.18. The topological polar surface area (TPSA) is 78.9 Å². The molecule has 6 nitrogen and oxygen atoms in total. The fourth-order valence-electron chi connectivity index (χ4n) is 7.14. The molecule has 0 aliphatic carbocycles. The standard InChI is InChI=1S/C62H98O6/c1-4-7-10-13-16-19-22-25-27-29-31-33-34-37-40-43-46-49-52-55-61(64)67-58-59(57-66-60(63)54-51-48-45-42-39-36-24-21-18-15-12-9-6-3)68-62(65)56-53-50-47-44-41-38-35-32-30-28-26-23-20-17-14-11-8-5-2/h7,9-10,12-13,15-16,18-19,21-22,24-25,27,29,31,33-34,36-37,39-40,59H,4-6,8,11,14,17,20,23,26,28,30,32,35,38,41-58H2,1-3H3/b10-7+,12-9+,16-13+,18-15+,22-19+,24-21+,27-25+,31-29+,34-33+,39-36+,40-37+. The molecule has 0 saturated heterocycles. The molecule has 0 N–H and O–H groups in total. The maximum atomic E-state index is 12.8. The van der Waals surface area contributed by atoms with E-state index >= 15 is 0 Å². The van der Waals surface area contributed by atoms with Crippen LogP contribution in [0.4, 0.5) is 0 Å². The van der Waals surface area contributed by atoms with E-state index in [1.54, 1.807) is 0 Å². The molecule has 0 radical (unpaired) electrons. The van der Waals surface area contributed by atoms with Gasteiger partial charge in [0.1, 0.15) is 13.2 Å². The summed E-state index contributed by atoms with van der Waals surface area (Å²) in [5, 5.41) is 0. The summed E-state index contributed by atoms with van der Waals surface area (Å²) in [4.78, 5) is 38.1. The average molecular weight is 939 g/mol. The molecule has 0 aromatic rings. The van der Waals surface area contributed by atoms with Crippen molar-refractivity contribution in [2.24, 2.45) is 0 Å². The molecule has 6 heteroatoms. The first-order chi connectivity index (χ1) is 33.5. The van der Waals surface area contributed by atoms with Gasteiger partial charge in [-0.3, -0.25) is 14.4 Å². The van der Waals surface area contributed by atoms with E-state index < -0.39 is 6.10 Å². The molecule has 0 aromatic heterocycles. The van der Waals surface area contributed by atoms with Crippen LogP contribution in [0.2, 0.25) is 0 Å². The van der Waals surface area contributed by atoms with Crippen LogP contribution in [0.3, 0.4) is 0 Å². The molecule has 0 aliphatic heterocycles. The van der Waals surface area contributed by atoms with Gasteiger partial charge in [-0.25, -0.2) is 0 Å². The number of allylic oxidation sites excluding steroid dienone is 22. The zero-order valence-corrected chi connectivity index (χ0v) is 43.6. The van der Waals surface area contributed by atoms with E-state index in [2.05, 4.69) is 45.1 Å². The molecule has 382 valence electrons. The summed E-state index contributed by atoms with van der Waals surface area (Å²) in [6, 6.07) is 0. The Labute approximate surface area is 417 Å². The predicted octanol–water partition coefficient (Wildman–Crippen LogP) is 18.3. The van der Waals surface area contributed by atoms with Gasteiger partial charge in [0.05, 0.1) is 0 Å². The number of rotatable bonds is 47. The van der Waals surface area contributed by atoms with Gasteiger partial charge in [-0.15, -0.1) is 0 Å². The average Bonchev–Trinajstić information content (AvgIpc) is 3.34. The minimum Gasteiger partial charge on any atom is -0.462 e. The van der Waals surface area contributed by atoms with Crippen LogP contribution in [-0.4, -0.2) is 37.2 Å². The number of esters is 3. The zero-order valence-electron chi connectivity index (χ0n) is 43.6. The van der Waals surface area contributed by atoms with E-state index in [9.17, 15) is 14.4 Å². The lowest BCUT2D eigenvalue weighted by Crippen LogP contribution is -2.30. The van der Waals surface area contributed by atoms with Crippen molar-refractivity contribution in [3.05, 3.63) is 134 Å². The molecule has 68 heavy (non-hydrogen) atoms. The zero-order chi connectivity index (χ0) is 49.3. The van der Waals surface area contributed by atoms with Gasteiger partial charge in [-0.1, -0.05) is 276 Å². The third kappa shape index (κ3) is 52.5. The van der Waals surface area contributed by atoms with Gasteiger partial charge in [-0.05, 0) is 57.8 Å². The van der Waals surface area contributed by atoms with Gasteiger partial charge in [0.25, 0.3) is 0 Å². The highest BCUT2D eigenvalue weighted by Gasteiger charge is 2.19. The number of carbonyl (C=O) groups excluding carboxylic acids is 3. The molecule has 0 rings (SSSR count). The molecular weight excluding hydrogens is 841 g/mol. The Morgan fingerprint density at radius 2 is 0.574 bits per heavy atom. The van der Waals surface area contributed by atoms with Gasteiger partial charge in [0.2, 0.25) is 0 Å². The van der Waals surface area contributed by atoms with E-state index in [1.807, 2.05) is 109 Å². The summed E-state index contributed by atoms with van der Waals surface area (Å²) in [5.74, 6) is -1.00. The molecule has 1 unspecified atom stereocenters. The Hall–Kier alpha value is -4.45. The van der Waals surface area contributed by atoms with Crippen LogP contribution in [-0.2, 0) is 28.6 Å². The summed E-state index contributed by atoms with van der Waals surface area (Å²) in [6.07, 6.45) is 77.2. The Morgan fingerprint density at radius 3 is 0.897 bits per heavy atom. The highest BCUT2D eigenvalue weighted by atomic mass is 16.6. The Morgan fingerprint density at radius 1 is 0.309 bits per heavy atom. The van der Waals surface area contributed by atoms with Crippen LogP contribution >= 0.6 is 0 Å². The highest BCUT2D eigenvalue weighted by molar-refractivity contribution is 5.71. The minimum absolute atomic E-state index is 0.116. The van der Waals surface area contributed by atoms with Crippen LogP contribution < -0.4 is 0 Å². The number of hydrogen-bond acceptors (Lipinski definition) is 6. The molecule has 0 amide bonds. The molecule has 0 aliphatic rings. The molecule has 0 bridgehead atoms. The van der Waals surface area contributed by atoms with Crippen LogP contribution in [0.1, 0.15) is 220 Å². The summed E-state index contributed by atoms with van der Waals surface area (Å²) in [5.41, 5.74) is 0. The van der Waals surface area contributed by atoms with E-state index in [-0.39, 0.29) is 31.1 Å². The Balaban J connectivity index is 4.53. The van der Waals surface area contributed by atoms with Crippen molar-refractivity contribution < 1.29 is 28.6 Å². The van der Waals surface area contributed by atoms with Gasteiger partial charge in [-0.2, -0.15) is 0 Å². The molecule has 1 atom stereocenters. The molecule has 0 spiro atoms. The minimum atomic E-state index is -0.817. The maximum Gasteiger partial charge on any atom is 0.306 e. The summed E-state index contributed by atoms with van der Waals surface area (Å²) < 4.78 is 16.8. The molecule has 0 aromatic carbocycles. The van der Waals surface area contributed by atoms with Crippen molar-refractivity contribution in [3.8, 4) is 0 Å². The van der Waals surface area contributed by atoms with Crippen LogP contribution in [0.25, 0.3) is 0 Å². The lowest BCUT2D eigenvalue weighted by atomic mass is 10.0. The van der Waals surface area contributed by atoms with E-state index in [0.29, 0.717) is 19.3 Å². The van der Waals surface area contributed by atoms with Gasteiger partial charge in [0, 0.05) is 19.3 Å². The molecular formula is C62H98O6. The second kappa shape index (κ2) is 55.1. The Kier molecular flexibility index (Phi) is 51.5. The second-order valence-corrected chi connectivity index (χ2v) is 17.7. The van der Waals surface area contributed by atoms with E-state index in [0.717, 1.165) is 83.5 Å². The smallest absolute Gasteiger partial charge is 0.306 e. The van der Waals surface area contributed by atoms with Crippen molar-refractivity contribution >= 4 is 17.9 Å². The summed E-state index contributed by atoms with van der Waals surface area (Å²) in [7, 11) is 0. The number of ether oxygens (including phenoxy) is 3. The Bertz CT molecular complexity index is 1500. The van der Waals surface area contributed by atoms with Crippen molar-refractivity contribution in [2.45, 2.75) is 226 Å². The third-order valence-electron chi connectivity index (χ3n) is 11.2. The number of hydrogen-bond donors (Lipinski definition) is 0. The van der Waals surface area contributed by atoms with Crippen molar-refractivity contribution in [1.82, 2.24) is 0 Å². The normalized spacial score (nSPS) is 13.2. The largest absolute Gasteiger partial charge is 0.462 e. The number of unbranched alkanes of at least 4 members (excludes halogenated alkanes) is 23. The number of carbonyl (C=O) groups is 3. The van der Waals surface area contributed by atoms with E-state index in [1.165, 1.54) is 96.3 Å². The SMILES string of the molecule is CC/C=C/C=C/C=C/C=C/C=C/C=C/C=C/CCCCCC(=O)OCC(COC(=O)CCCCC/C=C/C=C/C=C/C=C/CC)OC(=O)CCCCCCCCCCCCCCCCCCCC. The first-order valence-corrected chi connectivity index (χ1v) is 27.3. The second-order valence-electron chi connectivity index (χ2n) is 17.7. The first kappa shape index (κ1) is 63.5. The van der Waals surface area contributed by atoms with Crippen LogP contribution in [0.15, 0.2) is 134 Å². The maximum absolute atomic E-state index is 12.8. The van der Waals surface area contributed by atoms with Crippen molar-refractivity contribution in [2.75, 3.05) is 13.2 Å². The summed E-state index contributed by atoms with van der Waals surface area (Å²) in [6.45, 7) is 6.27. The molecule has 0 fully saturated rings. The van der Waals surface area contributed by atoms with Gasteiger partial charge >= 0.3 is 17.9 Å². The van der Waals surface area contributed by atoms with Crippen LogP contribution in [0.5, 0.6) is 0 Å². The third-order valence-corrected chi connectivity index (χ3v) is 11.2. The molecule has 0 heterocycles. The van der Waals surface area contributed by atoms with Crippen molar-refractivity contribution in [1.29, 1.82) is 0 Å². The lowest BCUT2D eigenvalue weighted by molar-refractivity contribution is -0.167. The monoisotopic (exact) mass is 939 g/mol. The quantitative estimate of drug-likeness (QED) is 0.0262. The van der Waals surface area contributed by atoms with Gasteiger partial charge in [0.15, 0.2) is 6.10 Å². The van der Waals surface area contributed by atoms with Crippen LogP contribution in [0, 0.1) is 0 Å². The molecule has 0 saturated carbocycles. The predicted molar refractivity (Wildman–Crippen MR) is 292 cm³/mol. The summed E-state index contributed by atoms with van der Waals surface area (Å²) >= 11 is 0. The first-order valence-electron chi connectivity index (χ1n) is 27.3. The fourth-order valence-corrected chi connectivity index (χ4v) is 7.14. The van der Waals surface area contributed by atoms with Gasteiger partial charge < -0.3 is 14.2 Å². The van der Waals surface area contributed by atoms with Crippen molar-refractivity contribution in [3.63, 3.8) is 0 Å².